The van der Waals surface area contributed by atoms with Crippen LogP contribution in [0.5, 0.6) is 0 Å². The second kappa shape index (κ2) is 5.92. The van der Waals surface area contributed by atoms with Crippen molar-refractivity contribution in [3.63, 3.8) is 0 Å². The molecule has 0 aliphatic carbocycles. The number of hydrogen-bond donors (Lipinski definition) is 3. The molecule has 20 heavy (non-hydrogen) atoms. The molecule has 2 rings (SSSR count). The topological polar surface area (TPSA) is 87.3 Å². The summed E-state index contributed by atoms with van der Waals surface area (Å²) in [5.74, 6) is -0.834. The molecule has 0 aromatic heterocycles. The van der Waals surface area contributed by atoms with Crippen molar-refractivity contribution in [1.82, 2.24) is 5.32 Å². The van der Waals surface area contributed by atoms with Gasteiger partial charge in [0.25, 0.3) is 0 Å². The van der Waals surface area contributed by atoms with Crippen LogP contribution in [0.2, 0.25) is 5.02 Å². The smallest absolute Gasteiger partial charge is 0.249 e. The molecule has 1 aromatic carbocycles. The van der Waals surface area contributed by atoms with Crippen molar-refractivity contribution in [3.8, 4) is 0 Å². The molecule has 1 aliphatic heterocycles. The van der Waals surface area contributed by atoms with Gasteiger partial charge in [0.1, 0.15) is 6.04 Å². The number of anilines is 2. The van der Waals surface area contributed by atoms with Gasteiger partial charge < -0.3 is 10.6 Å². The standard InChI is InChI=1S/C13H14ClN3O3/c1-7(18)15-9-4-8(14)5-10(6-9)16-11-2-3-12(19)17-13(11)20/h4-6,11,16H,2-3H2,1H3,(H,15,18)(H,17,19,20). The number of imide groups is 1. The first-order chi connectivity index (χ1) is 9.44. The van der Waals surface area contributed by atoms with Gasteiger partial charge >= 0.3 is 0 Å². The molecule has 0 radical (unpaired) electrons. The molecule has 1 atom stereocenters. The van der Waals surface area contributed by atoms with Gasteiger partial charge in [-0.15, -0.1) is 0 Å². The first-order valence-corrected chi connectivity index (χ1v) is 6.50. The minimum absolute atomic E-state index is 0.209. The minimum Gasteiger partial charge on any atom is -0.374 e. The van der Waals surface area contributed by atoms with E-state index in [-0.39, 0.29) is 17.7 Å². The Morgan fingerprint density at radius 3 is 2.65 bits per heavy atom. The van der Waals surface area contributed by atoms with Crippen molar-refractivity contribution >= 4 is 40.7 Å². The van der Waals surface area contributed by atoms with Gasteiger partial charge in [-0.2, -0.15) is 0 Å². The van der Waals surface area contributed by atoms with Gasteiger partial charge in [0.05, 0.1) is 0 Å². The number of amides is 3. The largest absolute Gasteiger partial charge is 0.374 e. The zero-order valence-electron chi connectivity index (χ0n) is 10.8. The van der Waals surface area contributed by atoms with Gasteiger partial charge in [-0.25, -0.2) is 0 Å². The maximum Gasteiger partial charge on any atom is 0.249 e. The highest BCUT2D eigenvalue weighted by molar-refractivity contribution is 6.31. The Labute approximate surface area is 120 Å². The molecule has 0 bridgehead atoms. The number of benzene rings is 1. The van der Waals surface area contributed by atoms with E-state index in [0.29, 0.717) is 29.2 Å². The molecular formula is C13H14ClN3O3. The number of rotatable bonds is 3. The van der Waals surface area contributed by atoms with Gasteiger partial charge in [-0.05, 0) is 24.6 Å². The molecule has 1 heterocycles. The number of piperidine rings is 1. The summed E-state index contributed by atoms with van der Waals surface area (Å²) in [5.41, 5.74) is 1.15. The highest BCUT2D eigenvalue weighted by atomic mass is 35.5. The zero-order chi connectivity index (χ0) is 14.7. The van der Waals surface area contributed by atoms with Crippen LogP contribution in [0.4, 0.5) is 11.4 Å². The van der Waals surface area contributed by atoms with Crippen molar-refractivity contribution in [2.75, 3.05) is 10.6 Å². The Bertz CT molecular complexity index is 574. The van der Waals surface area contributed by atoms with Crippen molar-refractivity contribution in [3.05, 3.63) is 23.2 Å². The Morgan fingerprint density at radius 1 is 1.30 bits per heavy atom. The van der Waals surface area contributed by atoms with E-state index in [1.54, 1.807) is 18.2 Å². The Kier molecular flexibility index (Phi) is 4.24. The summed E-state index contributed by atoms with van der Waals surface area (Å²) in [6.07, 6.45) is 0.717. The Balaban J connectivity index is 2.12. The molecule has 0 spiro atoms. The first-order valence-electron chi connectivity index (χ1n) is 6.12. The predicted octanol–water partition coefficient (Wildman–Crippen LogP) is 1.52. The second-order valence-corrected chi connectivity index (χ2v) is 4.99. The third-order valence-corrected chi connectivity index (χ3v) is 3.02. The van der Waals surface area contributed by atoms with Crippen LogP contribution >= 0.6 is 11.6 Å². The lowest BCUT2D eigenvalue weighted by atomic mass is 10.1. The molecule has 0 saturated carbocycles. The highest BCUT2D eigenvalue weighted by Gasteiger charge is 2.26. The summed E-state index contributed by atoms with van der Waals surface area (Å²) in [6.45, 7) is 1.40. The monoisotopic (exact) mass is 295 g/mol. The van der Waals surface area contributed by atoms with E-state index in [4.69, 9.17) is 11.6 Å². The molecule has 6 nitrogen and oxygen atoms in total. The Morgan fingerprint density at radius 2 is 2.00 bits per heavy atom. The lowest BCUT2D eigenvalue weighted by Crippen LogP contribution is -2.47. The summed E-state index contributed by atoms with van der Waals surface area (Å²) in [6, 6.07) is 4.45. The zero-order valence-corrected chi connectivity index (χ0v) is 11.6. The van der Waals surface area contributed by atoms with Crippen molar-refractivity contribution in [1.29, 1.82) is 0 Å². The molecule has 1 unspecified atom stereocenters. The Hall–Kier alpha value is -2.08. The van der Waals surface area contributed by atoms with E-state index in [2.05, 4.69) is 16.0 Å². The maximum atomic E-state index is 11.7. The summed E-state index contributed by atoms with van der Waals surface area (Å²) < 4.78 is 0. The van der Waals surface area contributed by atoms with E-state index in [1.807, 2.05) is 0 Å². The maximum absolute atomic E-state index is 11.7. The molecule has 1 aliphatic rings. The average molecular weight is 296 g/mol. The fourth-order valence-corrected chi connectivity index (χ4v) is 2.22. The van der Waals surface area contributed by atoms with Gasteiger partial charge in [0.15, 0.2) is 0 Å². The van der Waals surface area contributed by atoms with Crippen LogP contribution in [0.25, 0.3) is 0 Å². The van der Waals surface area contributed by atoms with Gasteiger partial charge in [-0.1, -0.05) is 11.6 Å². The SMILES string of the molecule is CC(=O)Nc1cc(Cl)cc(NC2CCC(=O)NC2=O)c1. The number of nitrogens with one attached hydrogen (secondary N) is 3. The third-order valence-electron chi connectivity index (χ3n) is 2.80. The summed E-state index contributed by atoms with van der Waals surface area (Å²) in [5, 5.41) is 8.33. The van der Waals surface area contributed by atoms with Crippen LogP contribution in [0, 0.1) is 0 Å². The number of carbonyl (C=O) groups excluding carboxylic acids is 3. The van der Waals surface area contributed by atoms with Crippen molar-refractivity contribution < 1.29 is 14.4 Å². The van der Waals surface area contributed by atoms with E-state index >= 15 is 0 Å². The van der Waals surface area contributed by atoms with Gasteiger partial charge in [0.2, 0.25) is 17.7 Å². The number of carbonyl (C=O) groups is 3. The quantitative estimate of drug-likeness (QED) is 0.738. The molecule has 7 heteroatoms. The van der Waals surface area contributed by atoms with E-state index < -0.39 is 6.04 Å². The van der Waals surface area contributed by atoms with Crippen LogP contribution in [0.3, 0.4) is 0 Å². The first kappa shape index (κ1) is 14.3. The van der Waals surface area contributed by atoms with E-state index in [0.717, 1.165) is 0 Å². The van der Waals surface area contributed by atoms with Crippen molar-refractivity contribution in [2.45, 2.75) is 25.8 Å². The second-order valence-electron chi connectivity index (χ2n) is 4.56. The molecule has 3 amide bonds. The lowest BCUT2D eigenvalue weighted by molar-refractivity contribution is -0.133. The highest BCUT2D eigenvalue weighted by Crippen LogP contribution is 2.24. The van der Waals surface area contributed by atoms with Crippen LogP contribution in [-0.4, -0.2) is 23.8 Å². The van der Waals surface area contributed by atoms with Gasteiger partial charge in [-0.3, -0.25) is 19.7 Å². The van der Waals surface area contributed by atoms with E-state index in [1.165, 1.54) is 6.92 Å². The predicted molar refractivity (Wildman–Crippen MR) is 75.6 cm³/mol. The van der Waals surface area contributed by atoms with Crippen LogP contribution in [0.1, 0.15) is 19.8 Å². The van der Waals surface area contributed by atoms with Crippen LogP contribution in [-0.2, 0) is 14.4 Å². The molecule has 106 valence electrons. The fraction of sp³-hybridized carbons (Fsp3) is 0.308. The lowest BCUT2D eigenvalue weighted by Gasteiger charge is -2.23. The summed E-state index contributed by atoms with van der Waals surface area (Å²) in [7, 11) is 0. The third kappa shape index (κ3) is 3.71. The van der Waals surface area contributed by atoms with Crippen LogP contribution in [0.15, 0.2) is 18.2 Å². The van der Waals surface area contributed by atoms with Crippen LogP contribution < -0.4 is 16.0 Å². The molecule has 1 fully saturated rings. The number of halogens is 1. The average Bonchev–Trinajstić information content (AvgIpc) is 2.31. The van der Waals surface area contributed by atoms with Crippen molar-refractivity contribution in [2.24, 2.45) is 0 Å². The van der Waals surface area contributed by atoms with E-state index in [9.17, 15) is 14.4 Å². The molecule has 1 saturated heterocycles. The molecular weight excluding hydrogens is 282 g/mol. The fourth-order valence-electron chi connectivity index (χ4n) is 1.98. The van der Waals surface area contributed by atoms with Gasteiger partial charge in [0, 0.05) is 29.7 Å². The number of hydrogen-bond acceptors (Lipinski definition) is 4. The summed E-state index contributed by atoms with van der Waals surface area (Å²) in [4.78, 5) is 33.8. The normalized spacial score (nSPS) is 18.4. The minimum atomic E-state index is -0.489. The molecule has 3 N–H and O–H groups in total. The summed E-state index contributed by atoms with van der Waals surface area (Å²) >= 11 is 5.96. The molecule has 1 aromatic rings.